The Bertz CT molecular complexity index is 364. The summed E-state index contributed by atoms with van der Waals surface area (Å²) in [6, 6.07) is 9.24. The summed E-state index contributed by atoms with van der Waals surface area (Å²) < 4.78 is 1.24. The summed E-state index contributed by atoms with van der Waals surface area (Å²) >= 11 is 3.69. The van der Waals surface area contributed by atoms with Crippen molar-refractivity contribution in [2.45, 2.75) is 65.3 Å². The first-order chi connectivity index (χ1) is 9.72. The van der Waals surface area contributed by atoms with Crippen LogP contribution in [-0.2, 0) is 6.42 Å². The van der Waals surface area contributed by atoms with Gasteiger partial charge in [0.1, 0.15) is 0 Å². The van der Waals surface area contributed by atoms with Crippen molar-refractivity contribution < 1.29 is 0 Å². The number of benzene rings is 1. The van der Waals surface area contributed by atoms with Gasteiger partial charge in [-0.05, 0) is 43.4 Å². The van der Waals surface area contributed by atoms with Crippen molar-refractivity contribution in [3.63, 3.8) is 0 Å². The molecule has 0 aromatic heterocycles. The highest BCUT2D eigenvalue weighted by atomic mass is 79.9. The molecule has 20 heavy (non-hydrogen) atoms. The monoisotopic (exact) mass is 339 g/mol. The van der Waals surface area contributed by atoms with Gasteiger partial charge in [-0.1, -0.05) is 74.2 Å². The van der Waals surface area contributed by atoms with Gasteiger partial charge in [-0.3, -0.25) is 0 Å². The van der Waals surface area contributed by atoms with E-state index >= 15 is 0 Å². The van der Waals surface area contributed by atoms with E-state index in [9.17, 15) is 0 Å². The average molecular weight is 340 g/mol. The van der Waals surface area contributed by atoms with E-state index in [1.807, 2.05) is 0 Å². The molecule has 1 rings (SSSR count). The molecule has 1 N–H and O–H groups in total. The van der Waals surface area contributed by atoms with Crippen LogP contribution in [0.15, 0.2) is 28.7 Å². The van der Waals surface area contributed by atoms with Crippen LogP contribution < -0.4 is 5.32 Å². The molecule has 0 aliphatic heterocycles. The number of rotatable bonds is 10. The van der Waals surface area contributed by atoms with Gasteiger partial charge in [-0.2, -0.15) is 0 Å². The third-order valence-electron chi connectivity index (χ3n) is 4.08. The lowest BCUT2D eigenvalue weighted by Crippen LogP contribution is -2.38. The second kappa shape index (κ2) is 10.4. The molecule has 2 unspecified atom stereocenters. The fraction of sp³-hybridized carbons (Fsp3) is 0.667. The smallest absolute Gasteiger partial charge is 0.0207 e. The van der Waals surface area contributed by atoms with Crippen LogP contribution in [0.5, 0.6) is 0 Å². The minimum atomic E-state index is 0.602. The quantitative estimate of drug-likeness (QED) is 0.586. The van der Waals surface area contributed by atoms with Gasteiger partial charge in [-0.15, -0.1) is 0 Å². The molecule has 0 bridgehead atoms. The highest BCUT2D eigenvalue weighted by molar-refractivity contribution is 9.10. The van der Waals surface area contributed by atoms with Crippen LogP contribution in [0.4, 0.5) is 0 Å². The molecule has 0 heterocycles. The normalized spacial score (nSPS) is 14.2. The Morgan fingerprint density at radius 3 is 2.45 bits per heavy atom. The van der Waals surface area contributed by atoms with E-state index in [0.717, 1.165) is 18.9 Å². The maximum atomic E-state index is 3.78. The highest BCUT2D eigenvalue weighted by Gasteiger charge is 2.20. The largest absolute Gasteiger partial charge is 0.313 e. The average Bonchev–Trinajstić information content (AvgIpc) is 2.47. The van der Waals surface area contributed by atoms with Crippen LogP contribution in [0.2, 0.25) is 0 Å². The van der Waals surface area contributed by atoms with Gasteiger partial charge in [0, 0.05) is 10.5 Å². The van der Waals surface area contributed by atoms with E-state index in [4.69, 9.17) is 0 Å². The number of nitrogens with one attached hydrogen (secondary N) is 1. The molecule has 0 spiro atoms. The maximum absolute atomic E-state index is 3.78. The fourth-order valence-electron chi connectivity index (χ4n) is 2.79. The first-order valence-electron chi connectivity index (χ1n) is 8.19. The number of hydrogen-bond acceptors (Lipinski definition) is 1. The van der Waals surface area contributed by atoms with Crippen molar-refractivity contribution >= 4 is 15.9 Å². The van der Waals surface area contributed by atoms with E-state index in [1.165, 1.54) is 42.1 Å². The van der Waals surface area contributed by atoms with Crippen LogP contribution in [0.25, 0.3) is 0 Å². The Kier molecular flexibility index (Phi) is 9.21. The van der Waals surface area contributed by atoms with E-state index in [-0.39, 0.29) is 0 Å². The van der Waals surface area contributed by atoms with Crippen LogP contribution in [0.3, 0.4) is 0 Å². The van der Waals surface area contributed by atoms with Crippen molar-refractivity contribution in [3.05, 3.63) is 34.3 Å². The minimum Gasteiger partial charge on any atom is -0.313 e. The molecule has 1 nitrogen and oxygen atoms in total. The van der Waals surface area contributed by atoms with Gasteiger partial charge in [0.15, 0.2) is 0 Å². The molecular formula is C18H30BrN. The van der Waals surface area contributed by atoms with Crippen molar-refractivity contribution in [2.24, 2.45) is 5.92 Å². The van der Waals surface area contributed by atoms with Gasteiger partial charge in [0.25, 0.3) is 0 Å². The molecule has 0 radical (unpaired) electrons. The second-order valence-corrected chi connectivity index (χ2v) is 6.52. The Morgan fingerprint density at radius 1 is 1.10 bits per heavy atom. The number of halogens is 1. The highest BCUT2D eigenvalue weighted by Crippen LogP contribution is 2.24. The van der Waals surface area contributed by atoms with Crippen LogP contribution in [0, 0.1) is 5.92 Å². The lowest BCUT2D eigenvalue weighted by Gasteiger charge is -2.28. The first kappa shape index (κ1) is 17.7. The summed E-state index contributed by atoms with van der Waals surface area (Å²) in [6.45, 7) is 7.99. The van der Waals surface area contributed by atoms with Gasteiger partial charge >= 0.3 is 0 Å². The topological polar surface area (TPSA) is 12.0 Å². The predicted octanol–water partition coefficient (Wildman–Crippen LogP) is 5.58. The lowest BCUT2D eigenvalue weighted by atomic mass is 9.87. The van der Waals surface area contributed by atoms with Crippen molar-refractivity contribution in [1.29, 1.82) is 0 Å². The molecule has 0 saturated carbocycles. The van der Waals surface area contributed by atoms with Crippen LogP contribution in [0.1, 0.15) is 58.4 Å². The van der Waals surface area contributed by atoms with E-state index < -0.39 is 0 Å². The molecule has 0 aliphatic rings. The Morgan fingerprint density at radius 2 is 1.85 bits per heavy atom. The molecule has 0 saturated heterocycles. The molecule has 1 aromatic carbocycles. The lowest BCUT2D eigenvalue weighted by molar-refractivity contribution is 0.315. The van der Waals surface area contributed by atoms with Crippen molar-refractivity contribution in [3.8, 4) is 0 Å². The molecule has 2 heteroatoms. The molecule has 2 atom stereocenters. The summed E-state index contributed by atoms with van der Waals surface area (Å²) in [7, 11) is 0. The molecule has 114 valence electrons. The summed E-state index contributed by atoms with van der Waals surface area (Å²) in [6.07, 6.45) is 7.59. The van der Waals surface area contributed by atoms with Gasteiger partial charge in [-0.25, -0.2) is 0 Å². The first-order valence-corrected chi connectivity index (χ1v) is 8.98. The molecule has 1 aromatic rings. The molecular weight excluding hydrogens is 310 g/mol. The maximum Gasteiger partial charge on any atom is 0.0207 e. The van der Waals surface area contributed by atoms with Crippen molar-refractivity contribution in [2.75, 3.05) is 6.54 Å². The zero-order valence-electron chi connectivity index (χ0n) is 13.3. The fourth-order valence-corrected chi connectivity index (χ4v) is 3.24. The third-order valence-corrected chi connectivity index (χ3v) is 4.85. The zero-order valence-corrected chi connectivity index (χ0v) is 14.9. The van der Waals surface area contributed by atoms with Gasteiger partial charge < -0.3 is 5.32 Å². The second-order valence-electron chi connectivity index (χ2n) is 5.67. The van der Waals surface area contributed by atoms with Crippen LogP contribution >= 0.6 is 15.9 Å². The van der Waals surface area contributed by atoms with Crippen LogP contribution in [-0.4, -0.2) is 12.6 Å². The summed E-state index contributed by atoms with van der Waals surface area (Å²) in [5.41, 5.74) is 1.43. The summed E-state index contributed by atoms with van der Waals surface area (Å²) in [5, 5.41) is 3.78. The minimum absolute atomic E-state index is 0.602. The van der Waals surface area contributed by atoms with E-state index in [2.05, 4.69) is 66.3 Å². The van der Waals surface area contributed by atoms with E-state index in [0.29, 0.717) is 6.04 Å². The molecule has 0 fully saturated rings. The van der Waals surface area contributed by atoms with Crippen molar-refractivity contribution in [1.82, 2.24) is 5.32 Å². The molecule has 0 aliphatic carbocycles. The Balaban J connectivity index is 2.74. The summed E-state index contributed by atoms with van der Waals surface area (Å²) in [4.78, 5) is 0. The van der Waals surface area contributed by atoms with Gasteiger partial charge in [0.05, 0.1) is 0 Å². The predicted molar refractivity (Wildman–Crippen MR) is 93.2 cm³/mol. The Labute approximate surface area is 133 Å². The Hall–Kier alpha value is -0.340. The molecule has 0 amide bonds. The SMILES string of the molecule is CCCCC(CC)C(Cc1ccccc1Br)NCCC. The standard InChI is InChI=1S/C18H30BrN/c1-4-7-10-15(6-3)18(20-13-5-2)14-16-11-8-9-12-17(16)19/h8-9,11-12,15,18,20H,4-7,10,13-14H2,1-3H3. The number of hydrogen-bond donors (Lipinski definition) is 1. The van der Waals surface area contributed by atoms with E-state index in [1.54, 1.807) is 0 Å². The zero-order chi connectivity index (χ0) is 14.8. The van der Waals surface area contributed by atoms with Gasteiger partial charge in [0.2, 0.25) is 0 Å². The third kappa shape index (κ3) is 5.97. The number of unbranched alkanes of at least 4 members (excludes halogenated alkanes) is 1. The summed E-state index contributed by atoms with van der Waals surface area (Å²) in [5.74, 6) is 0.786.